The number of alkyl halides is 1. The topological polar surface area (TPSA) is 17.8 Å². The van der Waals surface area contributed by atoms with E-state index in [2.05, 4.69) is 32.6 Å². The van der Waals surface area contributed by atoms with Crippen LogP contribution in [0.15, 0.2) is 46.9 Å². The zero-order valence-electron chi connectivity index (χ0n) is 12.2. The second-order valence-electron chi connectivity index (χ2n) is 5.50. The molecule has 0 spiro atoms. The van der Waals surface area contributed by atoms with E-state index >= 15 is 0 Å². The van der Waals surface area contributed by atoms with Gasteiger partial charge in [0, 0.05) is 27.7 Å². The summed E-state index contributed by atoms with van der Waals surface area (Å²) in [6.07, 6.45) is 0.891. The van der Waals surface area contributed by atoms with Crippen molar-refractivity contribution < 1.29 is 0 Å². The van der Waals surface area contributed by atoms with Gasteiger partial charge in [0.05, 0.1) is 27.1 Å². The summed E-state index contributed by atoms with van der Waals surface area (Å²) in [5, 5.41) is 2.84. The predicted octanol–water partition coefficient (Wildman–Crippen LogP) is 6.39. The molecule has 2 heterocycles. The molecular formula is C18H13BrCl2N2. The lowest BCUT2D eigenvalue weighted by Crippen LogP contribution is -1.99. The summed E-state index contributed by atoms with van der Waals surface area (Å²) in [5.74, 6) is 0.623. The molecule has 0 aliphatic rings. The quantitative estimate of drug-likeness (QED) is 0.360. The maximum Gasteiger partial charge on any atom is 0.0982 e. The van der Waals surface area contributed by atoms with Gasteiger partial charge in [-0.05, 0) is 30.7 Å². The van der Waals surface area contributed by atoms with E-state index in [9.17, 15) is 0 Å². The molecule has 2 nitrogen and oxygen atoms in total. The molecule has 4 aromatic rings. The van der Waals surface area contributed by atoms with Crippen LogP contribution in [0.5, 0.6) is 0 Å². The van der Waals surface area contributed by atoms with Crippen LogP contribution in [0.2, 0.25) is 5.02 Å². The number of fused-ring (bicyclic) bond motifs is 4. The Labute approximate surface area is 152 Å². The van der Waals surface area contributed by atoms with Gasteiger partial charge in [-0.3, -0.25) is 0 Å². The second-order valence-corrected chi connectivity index (χ2v) is 7.17. The Morgan fingerprint density at radius 2 is 1.91 bits per heavy atom. The molecule has 0 atom stereocenters. The Morgan fingerprint density at radius 3 is 2.74 bits per heavy atom. The largest absolute Gasteiger partial charge is 0.338 e. The van der Waals surface area contributed by atoms with Gasteiger partial charge in [0.15, 0.2) is 0 Å². The molecule has 23 heavy (non-hydrogen) atoms. The molecule has 2 aromatic carbocycles. The summed E-state index contributed by atoms with van der Waals surface area (Å²) in [6.45, 7) is 0.828. The van der Waals surface area contributed by atoms with Crippen LogP contribution in [0.3, 0.4) is 0 Å². The van der Waals surface area contributed by atoms with E-state index in [1.165, 1.54) is 0 Å². The summed E-state index contributed by atoms with van der Waals surface area (Å²) in [7, 11) is 0. The second kappa shape index (κ2) is 5.97. The predicted molar refractivity (Wildman–Crippen MR) is 103 cm³/mol. The lowest BCUT2D eigenvalue weighted by atomic mass is 10.2. The number of benzene rings is 2. The fourth-order valence-corrected chi connectivity index (χ4v) is 3.92. The highest BCUT2D eigenvalue weighted by Crippen LogP contribution is 2.37. The highest BCUT2D eigenvalue weighted by atomic mass is 79.9. The Hall–Kier alpha value is -1.29. The first-order valence-electron chi connectivity index (χ1n) is 7.42. The van der Waals surface area contributed by atoms with Crippen LogP contribution in [0.25, 0.3) is 32.8 Å². The molecule has 0 unspecified atom stereocenters. The molecule has 0 aliphatic carbocycles. The smallest absolute Gasteiger partial charge is 0.0982 e. The van der Waals surface area contributed by atoms with Crippen LogP contribution < -0.4 is 0 Å². The SMILES string of the molecule is ClCCCn1c2ccccc2c2nc3ccc(Br)cc3c(Cl)c21. The first-order valence-corrected chi connectivity index (χ1v) is 9.13. The number of hydrogen-bond acceptors (Lipinski definition) is 1. The number of aryl methyl sites for hydroxylation is 1. The molecule has 2 aromatic heterocycles. The minimum Gasteiger partial charge on any atom is -0.338 e. The number of hydrogen-bond donors (Lipinski definition) is 0. The number of pyridine rings is 1. The molecule has 0 radical (unpaired) electrons. The highest BCUT2D eigenvalue weighted by molar-refractivity contribution is 9.10. The minimum atomic E-state index is 0.623. The summed E-state index contributed by atoms with van der Waals surface area (Å²) in [6, 6.07) is 14.3. The van der Waals surface area contributed by atoms with E-state index in [-0.39, 0.29) is 0 Å². The molecular weight excluding hydrogens is 395 g/mol. The van der Waals surface area contributed by atoms with Crippen LogP contribution in [-0.4, -0.2) is 15.4 Å². The van der Waals surface area contributed by atoms with Gasteiger partial charge in [0.25, 0.3) is 0 Å². The number of nitrogens with zero attached hydrogens (tertiary/aromatic N) is 2. The maximum absolute atomic E-state index is 6.79. The van der Waals surface area contributed by atoms with Gasteiger partial charge in [-0.1, -0.05) is 45.7 Å². The molecule has 0 saturated carbocycles. The van der Waals surface area contributed by atoms with Crippen LogP contribution in [-0.2, 0) is 6.54 Å². The van der Waals surface area contributed by atoms with Gasteiger partial charge in [-0.15, -0.1) is 11.6 Å². The van der Waals surface area contributed by atoms with Crippen LogP contribution in [0.4, 0.5) is 0 Å². The van der Waals surface area contributed by atoms with Gasteiger partial charge in [-0.25, -0.2) is 4.98 Å². The molecule has 5 heteroatoms. The van der Waals surface area contributed by atoms with E-state index in [1.807, 2.05) is 30.3 Å². The van der Waals surface area contributed by atoms with E-state index in [0.29, 0.717) is 5.88 Å². The zero-order chi connectivity index (χ0) is 16.0. The van der Waals surface area contributed by atoms with Crippen molar-refractivity contribution in [3.8, 4) is 0 Å². The summed E-state index contributed by atoms with van der Waals surface area (Å²) in [5.41, 5.74) is 4.00. The summed E-state index contributed by atoms with van der Waals surface area (Å²) < 4.78 is 3.24. The Kier molecular flexibility index (Phi) is 3.96. The van der Waals surface area contributed by atoms with Crippen molar-refractivity contribution in [1.29, 1.82) is 0 Å². The third-order valence-electron chi connectivity index (χ3n) is 4.09. The highest BCUT2D eigenvalue weighted by Gasteiger charge is 2.17. The Morgan fingerprint density at radius 1 is 1.09 bits per heavy atom. The first kappa shape index (κ1) is 15.3. The number of halogens is 3. The molecule has 0 amide bonds. The van der Waals surface area contributed by atoms with Gasteiger partial charge in [-0.2, -0.15) is 0 Å². The molecule has 4 rings (SSSR count). The third-order valence-corrected chi connectivity index (χ3v) is 5.24. The average molecular weight is 408 g/mol. The van der Waals surface area contributed by atoms with Crippen LogP contribution >= 0.6 is 39.1 Å². The molecule has 0 bridgehead atoms. The minimum absolute atomic E-state index is 0.623. The van der Waals surface area contributed by atoms with Crippen LogP contribution in [0.1, 0.15) is 6.42 Å². The number of para-hydroxylation sites is 1. The van der Waals surface area contributed by atoms with Crippen molar-refractivity contribution in [2.45, 2.75) is 13.0 Å². The van der Waals surface area contributed by atoms with E-state index < -0.39 is 0 Å². The maximum atomic E-state index is 6.79. The van der Waals surface area contributed by atoms with Gasteiger partial charge < -0.3 is 4.57 Å². The molecule has 116 valence electrons. The third kappa shape index (κ3) is 2.42. The summed E-state index contributed by atoms with van der Waals surface area (Å²) in [4.78, 5) is 4.88. The van der Waals surface area contributed by atoms with Gasteiger partial charge in [0.2, 0.25) is 0 Å². The molecule has 0 aliphatic heterocycles. The van der Waals surface area contributed by atoms with Crippen molar-refractivity contribution in [2.75, 3.05) is 5.88 Å². The van der Waals surface area contributed by atoms with Crippen molar-refractivity contribution in [2.24, 2.45) is 0 Å². The molecule has 0 fully saturated rings. The fourth-order valence-electron chi connectivity index (χ4n) is 3.10. The van der Waals surface area contributed by atoms with Gasteiger partial charge in [0.1, 0.15) is 0 Å². The van der Waals surface area contributed by atoms with E-state index in [0.717, 1.165) is 55.3 Å². The Bertz CT molecular complexity index is 1040. The molecule has 0 N–H and O–H groups in total. The van der Waals surface area contributed by atoms with Crippen molar-refractivity contribution in [3.05, 3.63) is 52.0 Å². The molecule has 0 saturated heterocycles. The lowest BCUT2D eigenvalue weighted by Gasteiger charge is -2.09. The van der Waals surface area contributed by atoms with Crippen LogP contribution in [0, 0.1) is 0 Å². The van der Waals surface area contributed by atoms with Crippen molar-refractivity contribution in [1.82, 2.24) is 9.55 Å². The number of rotatable bonds is 3. The number of aromatic nitrogens is 2. The summed E-state index contributed by atoms with van der Waals surface area (Å²) >= 11 is 16.2. The Balaban J connectivity index is 2.18. The van der Waals surface area contributed by atoms with Crippen molar-refractivity contribution in [3.63, 3.8) is 0 Å². The fraction of sp³-hybridized carbons (Fsp3) is 0.167. The van der Waals surface area contributed by atoms with E-state index in [1.54, 1.807) is 0 Å². The van der Waals surface area contributed by atoms with E-state index in [4.69, 9.17) is 28.2 Å². The zero-order valence-corrected chi connectivity index (χ0v) is 15.3. The van der Waals surface area contributed by atoms with Crippen molar-refractivity contribution >= 4 is 72.0 Å². The normalized spacial score (nSPS) is 11.8. The standard InChI is InChI=1S/C18H13BrCl2N2/c19-11-6-7-14-13(10-11)16(21)18-17(22-14)12-4-1-2-5-15(12)23(18)9-3-8-20/h1-2,4-7,10H,3,8-9H2. The van der Waals surface area contributed by atoms with Gasteiger partial charge >= 0.3 is 0 Å². The first-order chi connectivity index (χ1) is 11.2. The lowest BCUT2D eigenvalue weighted by molar-refractivity contribution is 0.728. The average Bonchev–Trinajstić information content (AvgIpc) is 2.88. The monoisotopic (exact) mass is 406 g/mol.